The summed E-state index contributed by atoms with van der Waals surface area (Å²) in [5.41, 5.74) is 1.04. The third-order valence-electron chi connectivity index (χ3n) is 16.5. The third-order valence-corrected chi connectivity index (χ3v) is 16.5. The van der Waals surface area contributed by atoms with Gasteiger partial charge in [0.25, 0.3) is 0 Å². The summed E-state index contributed by atoms with van der Waals surface area (Å²) in [5, 5.41) is 23.6. The molecule has 2 N–H and O–H groups in total. The van der Waals surface area contributed by atoms with Crippen molar-refractivity contribution < 1.29 is 24.6 Å². The molecule has 8 aliphatic rings. The highest BCUT2D eigenvalue weighted by Crippen LogP contribution is 2.69. The van der Waals surface area contributed by atoms with Gasteiger partial charge in [-0.2, -0.15) is 0 Å². The van der Waals surface area contributed by atoms with Gasteiger partial charge in [0.2, 0.25) is 0 Å². The predicted molar refractivity (Wildman–Crippen MR) is 171 cm³/mol. The van der Waals surface area contributed by atoms with Gasteiger partial charge in [0.15, 0.2) is 5.78 Å². The van der Waals surface area contributed by atoms with Gasteiger partial charge in [0, 0.05) is 41.9 Å². The molecule has 44 heavy (non-hydrogen) atoms. The van der Waals surface area contributed by atoms with Crippen LogP contribution in [0.5, 0.6) is 0 Å². The van der Waals surface area contributed by atoms with Crippen molar-refractivity contribution in [1.29, 1.82) is 0 Å². The van der Waals surface area contributed by atoms with Crippen LogP contribution >= 0.6 is 0 Å². The molecule has 8 aliphatic carbocycles. The van der Waals surface area contributed by atoms with Gasteiger partial charge in [0.05, 0.1) is 11.2 Å². The van der Waals surface area contributed by atoms with Crippen LogP contribution in [-0.4, -0.2) is 38.8 Å². The first-order valence-electron chi connectivity index (χ1n) is 18.0. The van der Waals surface area contributed by atoms with E-state index in [0.717, 1.165) is 76.2 Å². The standard InChI is InChI=1S/C20H30O2.C19H26O3/c1-13-4-6-16-17-7-5-14-12-15(21)8-9-19(14,3)20(17,22)11-10-18(13,16)2;1-17-9-10-19(22)15(14(17)5-6-16(17)21)4-3-12-11-13(20)7-8-18(12,19)2/h14,16-17,22H,1,4-12H2,2-3H3;11,14-15,22H,3-10H2,1-2H3/t14-,16+,17+,18-,19+,20-;14-,15-,17-,18-,19+/m10/s1. The van der Waals surface area contributed by atoms with Crippen LogP contribution < -0.4 is 0 Å². The van der Waals surface area contributed by atoms with Crippen LogP contribution in [0.2, 0.25) is 0 Å². The Morgan fingerprint density at radius 3 is 2.07 bits per heavy atom. The molecular weight excluding hydrogens is 548 g/mol. The number of allylic oxidation sites excluding steroid dienone is 1. The molecular formula is C39H56O5. The molecule has 0 aromatic heterocycles. The zero-order valence-electron chi connectivity index (χ0n) is 27.8. The fraction of sp³-hybridized carbons (Fsp3) is 0.821. The van der Waals surface area contributed by atoms with Crippen molar-refractivity contribution in [3.63, 3.8) is 0 Å². The number of Topliss-reactive ketones (excluding diaryl/α,β-unsaturated/α-hetero) is 2. The van der Waals surface area contributed by atoms with E-state index in [4.69, 9.17) is 0 Å². The number of carbonyl (C=O) groups is 3. The molecule has 0 saturated heterocycles. The first kappa shape index (κ1) is 31.0. The molecule has 0 bridgehead atoms. The van der Waals surface area contributed by atoms with Crippen molar-refractivity contribution in [2.24, 2.45) is 51.2 Å². The van der Waals surface area contributed by atoms with E-state index in [1.54, 1.807) is 0 Å². The van der Waals surface area contributed by atoms with Crippen molar-refractivity contribution in [1.82, 2.24) is 0 Å². The lowest BCUT2D eigenvalue weighted by Crippen LogP contribution is -2.65. The van der Waals surface area contributed by atoms with Crippen LogP contribution in [0.1, 0.15) is 137 Å². The van der Waals surface area contributed by atoms with Gasteiger partial charge in [-0.25, -0.2) is 0 Å². The Kier molecular flexibility index (Phi) is 7.02. The number of ketones is 3. The van der Waals surface area contributed by atoms with Gasteiger partial charge >= 0.3 is 0 Å². The minimum atomic E-state index is -0.730. The fourth-order valence-corrected chi connectivity index (χ4v) is 13.2. The largest absolute Gasteiger partial charge is 0.389 e. The number of hydrogen-bond acceptors (Lipinski definition) is 5. The monoisotopic (exact) mass is 604 g/mol. The highest BCUT2D eigenvalue weighted by atomic mass is 16.3. The van der Waals surface area contributed by atoms with Crippen molar-refractivity contribution >= 4 is 17.3 Å². The van der Waals surface area contributed by atoms with Gasteiger partial charge in [-0.3, -0.25) is 14.4 Å². The van der Waals surface area contributed by atoms with Crippen LogP contribution in [0.4, 0.5) is 0 Å². The van der Waals surface area contributed by atoms with Crippen LogP contribution in [0.3, 0.4) is 0 Å². The van der Waals surface area contributed by atoms with Crippen molar-refractivity contribution in [2.75, 3.05) is 0 Å². The Balaban J connectivity index is 0.000000142. The molecule has 0 aliphatic heterocycles. The van der Waals surface area contributed by atoms with Crippen LogP contribution in [0, 0.1) is 51.2 Å². The minimum Gasteiger partial charge on any atom is -0.389 e. The smallest absolute Gasteiger partial charge is 0.155 e. The van der Waals surface area contributed by atoms with Crippen molar-refractivity contribution in [3.8, 4) is 0 Å². The average molecular weight is 605 g/mol. The van der Waals surface area contributed by atoms with E-state index in [1.165, 1.54) is 12.0 Å². The molecule has 11 atom stereocenters. The number of rotatable bonds is 0. The Morgan fingerprint density at radius 1 is 0.659 bits per heavy atom. The van der Waals surface area contributed by atoms with Crippen LogP contribution in [0.15, 0.2) is 23.8 Å². The van der Waals surface area contributed by atoms with E-state index in [9.17, 15) is 24.6 Å². The molecule has 8 rings (SSSR count). The molecule has 5 heteroatoms. The number of aliphatic hydroxyl groups is 2. The summed E-state index contributed by atoms with van der Waals surface area (Å²) in [5.74, 6) is 3.01. The molecule has 7 saturated carbocycles. The van der Waals surface area contributed by atoms with Gasteiger partial charge in [-0.1, -0.05) is 45.4 Å². The van der Waals surface area contributed by atoms with Crippen LogP contribution in [0.25, 0.3) is 0 Å². The first-order chi connectivity index (χ1) is 20.6. The van der Waals surface area contributed by atoms with Gasteiger partial charge in [0.1, 0.15) is 11.6 Å². The third kappa shape index (κ3) is 3.93. The minimum absolute atomic E-state index is 0.0465. The number of hydrogen-bond donors (Lipinski definition) is 2. The van der Waals surface area contributed by atoms with E-state index >= 15 is 0 Å². The second-order valence-electron chi connectivity index (χ2n) is 17.7. The van der Waals surface area contributed by atoms with Gasteiger partial charge in [-0.15, -0.1) is 0 Å². The van der Waals surface area contributed by atoms with Crippen molar-refractivity contribution in [3.05, 3.63) is 23.8 Å². The van der Waals surface area contributed by atoms with Crippen molar-refractivity contribution in [2.45, 2.75) is 148 Å². The van der Waals surface area contributed by atoms with Crippen LogP contribution in [-0.2, 0) is 14.4 Å². The highest BCUT2D eigenvalue weighted by Gasteiger charge is 2.67. The molecule has 7 fully saturated rings. The first-order valence-corrected chi connectivity index (χ1v) is 18.0. The highest BCUT2D eigenvalue weighted by molar-refractivity contribution is 5.92. The zero-order valence-corrected chi connectivity index (χ0v) is 27.8. The quantitative estimate of drug-likeness (QED) is 0.280. The molecule has 0 spiro atoms. The number of carbonyl (C=O) groups excluding carboxylic acids is 3. The normalized spacial score (nSPS) is 52.8. The van der Waals surface area contributed by atoms with E-state index in [1.807, 2.05) is 6.08 Å². The molecule has 5 nitrogen and oxygen atoms in total. The maximum atomic E-state index is 12.4. The van der Waals surface area contributed by atoms with E-state index in [2.05, 4.69) is 34.3 Å². The Hall–Kier alpha value is -1.59. The maximum Gasteiger partial charge on any atom is 0.155 e. The second-order valence-corrected chi connectivity index (χ2v) is 17.7. The topological polar surface area (TPSA) is 91.7 Å². The molecule has 0 unspecified atom stereocenters. The lowest BCUT2D eigenvalue weighted by molar-refractivity contribution is -0.227. The lowest BCUT2D eigenvalue weighted by atomic mass is 9.43. The summed E-state index contributed by atoms with van der Waals surface area (Å²) in [6.07, 6.45) is 17.0. The van der Waals surface area contributed by atoms with Gasteiger partial charge < -0.3 is 10.2 Å². The molecule has 0 radical (unpaired) electrons. The summed E-state index contributed by atoms with van der Waals surface area (Å²) in [4.78, 5) is 36.1. The maximum absolute atomic E-state index is 12.4. The SMILES string of the molecule is C=C1CC[C@H]2[C@@H]3CC[C@@H]4CC(=O)CC[C@]4(C)[C@@]3(O)CC[C@]12C.C[C@]12CCC(=O)C=C1CC[C@H]1[C@@H]3CCC(=O)[C@@]3(C)CC[C@@]12O. The molecule has 0 heterocycles. The Bertz CT molecular complexity index is 1330. The summed E-state index contributed by atoms with van der Waals surface area (Å²) < 4.78 is 0. The summed E-state index contributed by atoms with van der Waals surface area (Å²) in [7, 11) is 0. The molecule has 0 aromatic carbocycles. The van der Waals surface area contributed by atoms with Gasteiger partial charge in [-0.05, 0) is 125 Å². The Morgan fingerprint density at radius 2 is 1.30 bits per heavy atom. The van der Waals surface area contributed by atoms with E-state index in [-0.39, 0.29) is 33.4 Å². The summed E-state index contributed by atoms with van der Waals surface area (Å²) in [6, 6.07) is 0. The van der Waals surface area contributed by atoms with E-state index in [0.29, 0.717) is 67.3 Å². The number of fused-ring (bicyclic) bond motifs is 10. The zero-order chi connectivity index (χ0) is 31.5. The van der Waals surface area contributed by atoms with E-state index < -0.39 is 11.2 Å². The fourth-order valence-electron chi connectivity index (χ4n) is 13.2. The predicted octanol–water partition coefficient (Wildman–Crippen LogP) is 7.47. The lowest BCUT2D eigenvalue weighted by Gasteiger charge is -2.64. The average Bonchev–Trinajstić information content (AvgIpc) is 3.45. The molecule has 0 amide bonds. The molecule has 242 valence electrons. The summed E-state index contributed by atoms with van der Waals surface area (Å²) in [6.45, 7) is 13.3. The summed E-state index contributed by atoms with van der Waals surface area (Å²) >= 11 is 0. The second kappa shape index (κ2) is 9.96. The Labute approximate surface area is 264 Å². The molecule has 0 aromatic rings.